The second-order valence-electron chi connectivity index (χ2n) is 7.43. The minimum absolute atomic E-state index is 0. The maximum absolute atomic E-state index is 5.80. The molecule has 0 aromatic carbocycles. The normalized spacial score (nSPS) is 21.6. The second kappa shape index (κ2) is 12.0. The Kier molecular flexibility index (Phi) is 10.0. The summed E-state index contributed by atoms with van der Waals surface area (Å²) in [5.74, 6) is 1.81. The standard InChI is InChI=1S/C20H34N4O3.HI/c1-21-19(23-16-20(25-2)8-13-26-14-9-20)22-15-17(18-7-6-12-27-18)24-10-4-3-5-11-24;/h6-7,12,17H,3-5,8-11,13-16H2,1-2H3,(H2,21,22,23);1H. The smallest absolute Gasteiger partial charge is 0.191 e. The van der Waals surface area contributed by atoms with E-state index >= 15 is 0 Å². The van der Waals surface area contributed by atoms with Crippen LogP contribution in [0.2, 0.25) is 0 Å². The third-order valence-corrected chi connectivity index (χ3v) is 5.80. The van der Waals surface area contributed by atoms with Gasteiger partial charge in [0.15, 0.2) is 5.96 Å². The molecular weight excluding hydrogens is 471 g/mol. The third kappa shape index (κ3) is 6.33. The summed E-state index contributed by atoms with van der Waals surface area (Å²) in [7, 11) is 3.59. The molecule has 2 fully saturated rings. The van der Waals surface area contributed by atoms with Crippen LogP contribution in [0.4, 0.5) is 0 Å². The number of hydrogen-bond acceptors (Lipinski definition) is 5. The minimum atomic E-state index is -0.177. The van der Waals surface area contributed by atoms with Gasteiger partial charge in [0.05, 0.1) is 17.9 Å². The Morgan fingerprint density at radius 2 is 2.00 bits per heavy atom. The first-order valence-corrected chi connectivity index (χ1v) is 10.1. The number of piperidine rings is 1. The topological polar surface area (TPSA) is 71.3 Å². The Morgan fingerprint density at radius 3 is 2.61 bits per heavy atom. The average Bonchev–Trinajstić information content (AvgIpc) is 3.26. The van der Waals surface area contributed by atoms with Crippen molar-refractivity contribution in [3.63, 3.8) is 0 Å². The van der Waals surface area contributed by atoms with E-state index in [1.165, 1.54) is 19.3 Å². The number of guanidine groups is 1. The Balaban J connectivity index is 0.00000280. The van der Waals surface area contributed by atoms with Crippen LogP contribution in [0.25, 0.3) is 0 Å². The maximum atomic E-state index is 5.80. The highest BCUT2D eigenvalue weighted by molar-refractivity contribution is 14.0. The van der Waals surface area contributed by atoms with E-state index in [9.17, 15) is 0 Å². The van der Waals surface area contributed by atoms with Crippen LogP contribution in [-0.2, 0) is 9.47 Å². The predicted octanol–water partition coefficient (Wildman–Crippen LogP) is 2.79. The van der Waals surface area contributed by atoms with Crippen LogP contribution in [-0.4, -0.2) is 70.0 Å². The van der Waals surface area contributed by atoms with Crippen LogP contribution in [0.15, 0.2) is 27.8 Å². The Bertz CT molecular complexity index is 570. The van der Waals surface area contributed by atoms with E-state index in [-0.39, 0.29) is 35.6 Å². The van der Waals surface area contributed by atoms with E-state index in [0.717, 1.165) is 64.0 Å². The van der Waals surface area contributed by atoms with Gasteiger partial charge in [0.2, 0.25) is 0 Å². The quantitative estimate of drug-likeness (QED) is 0.337. The minimum Gasteiger partial charge on any atom is -0.468 e. The van der Waals surface area contributed by atoms with Gasteiger partial charge in [0, 0.05) is 53.3 Å². The SMILES string of the molecule is CN=C(NCC(c1ccco1)N1CCCCC1)NCC1(OC)CCOCC1.I. The summed E-state index contributed by atoms with van der Waals surface area (Å²) in [6.07, 6.45) is 7.38. The monoisotopic (exact) mass is 506 g/mol. The van der Waals surface area contributed by atoms with Gasteiger partial charge in [-0.1, -0.05) is 6.42 Å². The molecule has 1 aromatic heterocycles. The number of furan rings is 1. The van der Waals surface area contributed by atoms with Crippen molar-refractivity contribution < 1.29 is 13.9 Å². The summed E-state index contributed by atoms with van der Waals surface area (Å²) < 4.78 is 17.0. The number of likely N-dealkylation sites (tertiary alicyclic amines) is 1. The first kappa shape index (κ1) is 23.4. The van der Waals surface area contributed by atoms with E-state index in [4.69, 9.17) is 13.9 Å². The largest absolute Gasteiger partial charge is 0.468 e. The third-order valence-electron chi connectivity index (χ3n) is 5.80. The van der Waals surface area contributed by atoms with Gasteiger partial charge in [-0.2, -0.15) is 0 Å². The van der Waals surface area contributed by atoms with Crippen LogP contribution in [0, 0.1) is 0 Å². The number of ether oxygens (including phenoxy) is 2. The van der Waals surface area contributed by atoms with E-state index in [1.54, 1.807) is 13.4 Å². The summed E-state index contributed by atoms with van der Waals surface area (Å²) >= 11 is 0. The molecule has 1 aromatic rings. The van der Waals surface area contributed by atoms with Gasteiger partial charge < -0.3 is 24.5 Å². The van der Waals surface area contributed by atoms with Crippen LogP contribution in [0.1, 0.15) is 43.9 Å². The molecular formula is C20H35IN4O3. The average molecular weight is 506 g/mol. The van der Waals surface area contributed by atoms with Gasteiger partial charge >= 0.3 is 0 Å². The van der Waals surface area contributed by atoms with E-state index in [0.29, 0.717) is 0 Å². The van der Waals surface area contributed by atoms with E-state index < -0.39 is 0 Å². The zero-order chi connectivity index (χ0) is 19.0. The number of halogens is 1. The van der Waals surface area contributed by atoms with Crippen LogP contribution in [0.5, 0.6) is 0 Å². The molecule has 0 bridgehead atoms. The summed E-state index contributed by atoms with van der Waals surface area (Å²) in [5.41, 5.74) is -0.177. The first-order valence-electron chi connectivity index (χ1n) is 10.1. The van der Waals surface area contributed by atoms with Crippen molar-refractivity contribution in [2.45, 2.75) is 43.7 Å². The fourth-order valence-electron chi connectivity index (χ4n) is 3.98. The number of methoxy groups -OCH3 is 1. The molecule has 2 aliphatic heterocycles. The van der Waals surface area contributed by atoms with Crippen molar-refractivity contribution in [2.75, 3.05) is 53.6 Å². The number of nitrogens with zero attached hydrogens (tertiary/aromatic N) is 2. The highest BCUT2D eigenvalue weighted by Crippen LogP contribution is 2.25. The summed E-state index contributed by atoms with van der Waals surface area (Å²) in [6.45, 7) is 5.21. The maximum Gasteiger partial charge on any atom is 0.191 e. The van der Waals surface area contributed by atoms with Gasteiger partial charge in [0.25, 0.3) is 0 Å². The summed E-state index contributed by atoms with van der Waals surface area (Å²) in [5, 5.41) is 6.93. The molecule has 7 nitrogen and oxygen atoms in total. The lowest BCUT2D eigenvalue weighted by atomic mass is 9.94. The summed E-state index contributed by atoms with van der Waals surface area (Å²) in [6, 6.07) is 4.25. The summed E-state index contributed by atoms with van der Waals surface area (Å²) in [4.78, 5) is 6.91. The van der Waals surface area contributed by atoms with Gasteiger partial charge in [-0.3, -0.25) is 9.89 Å². The molecule has 0 aliphatic carbocycles. The van der Waals surface area contributed by atoms with Crippen molar-refractivity contribution in [3.05, 3.63) is 24.2 Å². The molecule has 160 valence electrons. The molecule has 2 N–H and O–H groups in total. The lowest BCUT2D eigenvalue weighted by Gasteiger charge is -2.37. The fraction of sp³-hybridized carbons (Fsp3) is 0.750. The van der Waals surface area contributed by atoms with Gasteiger partial charge in [-0.05, 0) is 38.1 Å². The highest BCUT2D eigenvalue weighted by Gasteiger charge is 2.32. The highest BCUT2D eigenvalue weighted by atomic mass is 127. The Morgan fingerprint density at radius 1 is 1.25 bits per heavy atom. The zero-order valence-electron chi connectivity index (χ0n) is 17.1. The van der Waals surface area contributed by atoms with Crippen LogP contribution < -0.4 is 10.6 Å². The van der Waals surface area contributed by atoms with Crippen molar-refractivity contribution in [1.82, 2.24) is 15.5 Å². The fourth-order valence-corrected chi connectivity index (χ4v) is 3.98. The molecule has 0 amide bonds. The molecule has 0 spiro atoms. The number of aliphatic imine (C=N–C) groups is 1. The molecule has 2 aliphatic rings. The van der Waals surface area contributed by atoms with Crippen molar-refractivity contribution in [2.24, 2.45) is 4.99 Å². The van der Waals surface area contributed by atoms with Gasteiger partial charge in [-0.15, -0.1) is 24.0 Å². The van der Waals surface area contributed by atoms with Gasteiger partial charge in [-0.25, -0.2) is 0 Å². The van der Waals surface area contributed by atoms with Crippen molar-refractivity contribution in [3.8, 4) is 0 Å². The molecule has 0 radical (unpaired) electrons. The van der Waals surface area contributed by atoms with E-state index in [1.807, 2.05) is 13.1 Å². The predicted molar refractivity (Wildman–Crippen MR) is 121 cm³/mol. The number of hydrogen-bond donors (Lipinski definition) is 2. The molecule has 3 rings (SSSR count). The van der Waals surface area contributed by atoms with E-state index in [2.05, 4.69) is 26.6 Å². The van der Waals surface area contributed by atoms with Gasteiger partial charge in [0.1, 0.15) is 5.76 Å². The Hall–Kier alpha value is -0.840. The zero-order valence-corrected chi connectivity index (χ0v) is 19.4. The molecule has 28 heavy (non-hydrogen) atoms. The first-order chi connectivity index (χ1) is 13.3. The molecule has 8 heteroatoms. The Labute approximate surface area is 185 Å². The molecule has 3 heterocycles. The lowest BCUT2D eigenvalue weighted by molar-refractivity contribution is -0.0855. The second-order valence-corrected chi connectivity index (χ2v) is 7.43. The van der Waals surface area contributed by atoms with Crippen molar-refractivity contribution in [1.29, 1.82) is 0 Å². The number of nitrogens with one attached hydrogen (secondary N) is 2. The van der Waals surface area contributed by atoms with Crippen LogP contribution in [0.3, 0.4) is 0 Å². The molecule has 1 unspecified atom stereocenters. The lowest BCUT2D eigenvalue weighted by Crippen LogP contribution is -2.51. The van der Waals surface area contributed by atoms with Crippen LogP contribution >= 0.6 is 24.0 Å². The van der Waals surface area contributed by atoms with Crippen molar-refractivity contribution >= 4 is 29.9 Å². The number of rotatable bonds is 7. The molecule has 0 saturated carbocycles. The molecule has 1 atom stereocenters. The molecule has 2 saturated heterocycles.